The minimum atomic E-state index is -0.962. The normalized spacial score (nSPS) is 35.5. The maximum atomic E-state index is 12.5. The van der Waals surface area contributed by atoms with E-state index in [9.17, 15) is 9.59 Å². The monoisotopic (exact) mass is 303 g/mol. The maximum Gasteiger partial charge on any atom is 0.325 e. The molecule has 0 aromatic carbocycles. The van der Waals surface area contributed by atoms with Gasteiger partial charge in [0.05, 0.1) is 0 Å². The summed E-state index contributed by atoms with van der Waals surface area (Å²) < 4.78 is 1.29. The summed E-state index contributed by atoms with van der Waals surface area (Å²) in [7, 11) is 0. The molecule has 0 aliphatic heterocycles. The van der Waals surface area contributed by atoms with Crippen LogP contribution < -0.4 is 5.32 Å². The van der Waals surface area contributed by atoms with Gasteiger partial charge in [-0.1, -0.05) is 0 Å². The molecule has 1 aromatic rings. The SMILES string of the molecule is O=C(O)Cn1ccc(C(=O)NC23CC4CC(CC(C4)C2)C3)n1. The molecule has 4 aliphatic rings. The lowest BCUT2D eigenvalue weighted by Crippen LogP contribution is -2.59. The van der Waals surface area contributed by atoms with Gasteiger partial charge in [-0.2, -0.15) is 5.10 Å². The third-order valence-corrected chi connectivity index (χ3v) is 5.59. The predicted octanol–water partition coefficient (Wildman–Crippen LogP) is 1.67. The van der Waals surface area contributed by atoms with Crippen molar-refractivity contribution in [3.63, 3.8) is 0 Å². The van der Waals surface area contributed by atoms with Crippen molar-refractivity contribution in [1.29, 1.82) is 0 Å². The summed E-state index contributed by atoms with van der Waals surface area (Å²) in [5, 5.41) is 16.1. The predicted molar refractivity (Wildman–Crippen MR) is 78.2 cm³/mol. The number of carboxylic acid groups (broad SMARTS) is 1. The van der Waals surface area contributed by atoms with E-state index in [1.54, 1.807) is 12.3 Å². The molecule has 6 heteroatoms. The molecular formula is C16H21N3O3. The number of amides is 1. The van der Waals surface area contributed by atoms with Crippen LogP contribution in [0.15, 0.2) is 12.3 Å². The Morgan fingerprint density at radius 3 is 2.36 bits per heavy atom. The number of aromatic nitrogens is 2. The minimum absolute atomic E-state index is 0.0393. The molecule has 2 N–H and O–H groups in total. The molecule has 4 bridgehead atoms. The summed E-state index contributed by atoms with van der Waals surface area (Å²) >= 11 is 0. The molecule has 0 atom stereocenters. The highest BCUT2D eigenvalue weighted by Crippen LogP contribution is 2.55. The van der Waals surface area contributed by atoms with Crippen molar-refractivity contribution in [2.24, 2.45) is 17.8 Å². The molecule has 6 nitrogen and oxygen atoms in total. The molecule has 0 saturated heterocycles. The van der Waals surface area contributed by atoms with Gasteiger partial charge in [0, 0.05) is 11.7 Å². The summed E-state index contributed by atoms with van der Waals surface area (Å²) in [4.78, 5) is 23.2. The van der Waals surface area contributed by atoms with Crippen molar-refractivity contribution in [2.75, 3.05) is 0 Å². The van der Waals surface area contributed by atoms with Gasteiger partial charge in [0.2, 0.25) is 0 Å². The van der Waals surface area contributed by atoms with Crippen LogP contribution in [0.1, 0.15) is 49.0 Å². The van der Waals surface area contributed by atoms with Crippen molar-refractivity contribution < 1.29 is 14.7 Å². The topological polar surface area (TPSA) is 84.2 Å². The number of carbonyl (C=O) groups is 2. The molecule has 1 aromatic heterocycles. The zero-order valence-electron chi connectivity index (χ0n) is 12.5. The van der Waals surface area contributed by atoms with Gasteiger partial charge in [-0.15, -0.1) is 0 Å². The largest absolute Gasteiger partial charge is 0.480 e. The summed E-state index contributed by atoms with van der Waals surface area (Å²) in [5.74, 6) is 1.20. The third-order valence-electron chi connectivity index (χ3n) is 5.59. The van der Waals surface area contributed by atoms with E-state index in [4.69, 9.17) is 5.11 Å². The number of carbonyl (C=O) groups excluding carboxylic acids is 1. The molecule has 4 saturated carbocycles. The number of aliphatic carboxylic acids is 1. The Morgan fingerprint density at radius 1 is 1.23 bits per heavy atom. The Kier molecular flexibility index (Phi) is 3.03. The molecule has 5 rings (SSSR count). The fraction of sp³-hybridized carbons (Fsp3) is 0.688. The number of hydrogen-bond donors (Lipinski definition) is 2. The summed E-state index contributed by atoms with van der Waals surface area (Å²) in [5.41, 5.74) is 0.277. The third kappa shape index (κ3) is 2.40. The van der Waals surface area contributed by atoms with Crippen molar-refractivity contribution in [3.05, 3.63) is 18.0 Å². The fourth-order valence-corrected chi connectivity index (χ4v) is 5.28. The lowest BCUT2D eigenvalue weighted by Gasteiger charge is -2.56. The van der Waals surface area contributed by atoms with Crippen LogP contribution in [0.3, 0.4) is 0 Å². The highest BCUT2D eigenvalue weighted by molar-refractivity contribution is 5.92. The average molecular weight is 303 g/mol. The summed E-state index contributed by atoms with van der Waals surface area (Å²) in [6, 6.07) is 1.60. The molecule has 1 amide bonds. The maximum absolute atomic E-state index is 12.5. The Hall–Kier alpha value is -1.85. The van der Waals surface area contributed by atoms with E-state index in [0.29, 0.717) is 5.69 Å². The molecule has 0 unspecified atom stereocenters. The van der Waals surface area contributed by atoms with Crippen LogP contribution in [0.25, 0.3) is 0 Å². The molecule has 0 radical (unpaired) electrons. The molecule has 0 spiro atoms. The van der Waals surface area contributed by atoms with Gasteiger partial charge in [0.1, 0.15) is 12.2 Å². The highest BCUT2D eigenvalue weighted by atomic mass is 16.4. The molecular weight excluding hydrogens is 282 g/mol. The number of nitrogens with zero attached hydrogens (tertiary/aromatic N) is 2. The molecule has 4 fully saturated rings. The van der Waals surface area contributed by atoms with E-state index in [-0.39, 0.29) is 18.0 Å². The van der Waals surface area contributed by atoms with Gasteiger partial charge in [-0.25, -0.2) is 0 Å². The standard InChI is InChI=1S/C16H21N3O3/c20-14(21)9-19-2-1-13(18-19)15(22)17-16-6-10-3-11(7-16)5-12(4-10)8-16/h1-2,10-12H,3-9H2,(H,17,22)(H,20,21). The number of rotatable bonds is 4. The van der Waals surface area contributed by atoms with Gasteiger partial charge >= 0.3 is 5.97 Å². The van der Waals surface area contributed by atoms with Crippen LogP contribution >= 0.6 is 0 Å². The minimum Gasteiger partial charge on any atom is -0.480 e. The Labute approximate surface area is 128 Å². The van der Waals surface area contributed by atoms with Crippen LogP contribution in [0.4, 0.5) is 0 Å². The van der Waals surface area contributed by atoms with Crippen molar-refractivity contribution >= 4 is 11.9 Å². The second-order valence-corrected chi connectivity index (χ2v) is 7.44. The van der Waals surface area contributed by atoms with Gasteiger partial charge in [0.15, 0.2) is 0 Å². The van der Waals surface area contributed by atoms with Crippen LogP contribution in [-0.2, 0) is 11.3 Å². The second-order valence-electron chi connectivity index (χ2n) is 7.44. The van der Waals surface area contributed by atoms with Gasteiger partial charge in [0.25, 0.3) is 5.91 Å². The second kappa shape index (κ2) is 4.83. The van der Waals surface area contributed by atoms with Crippen molar-refractivity contribution in [1.82, 2.24) is 15.1 Å². The van der Waals surface area contributed by atoms with Crippen LogP contribution in [0.5, 0.6) is 0 Å². The molecule has 4 aliphatic carbocycles. The van der Waals surface area contributed by atoms with E-state index in [2.05, 4.69) is 10.4 Å². The summed E-state index contributed by atoms with van der Waals surface area (Å²) in [6.07, 6.45) is 8.84. The molecule has 118 valence electrons. The highest BCUT2D eigenvalue weighted by Gasteiger charge is 2.51. The first kappa shape index (κ1) is 13.8. The first-order valence-electron chi connectivity index (χ1n) is 8.09. The van der Waals surface area contributed by atoms with Crippen LogP contribution in [0.2, 0.25) is 0 Å². The quantitative estimate of drug-likeness (QED) is 0.886. The summed E-state index contributed by atoms with van der Waals surface area (Å²) in [6.45, 7) is -0.218. The fourth-order valence-electron chi connectivity index (χ4n) is 5.28. The van der Waals surface area contributed by atoms with Gasteiger partial charge in [-0.05, 0) is 62.3 Å². The number of nitrogens with one attached hydrogen (secondary N) is 1. The molecule has 1 heterocycles. The average Bonchev–Trinajstić information content (AvgIpc) is 2.84. The van der Waals surface area contributed by atoms with Crippen LogP contribution in [-0.4, -0.2) is 32.3 Å². The van der Waals surface area contributed by atoms with Gasteiger partial charge in [-0.3, -0.25) is 14.3 Å². The first-order chi connectivity index (χ1) is 10.5. The molecule has 22 heavy (non-hydrogen) atoms. The lowest BCUT2D eigenvalue weighted by molar-refractivity contribution is -0.137. The van der Waals surface area contributed by atoms with Gasteiger partial charge < -0.3 is 10.4 Å². The smallest absolute Gasteiger partial charge is 0.325 e. The number of hydrogen-bond acceptors (Lipinski definition) is 3. The zero-order chi connectivity index (χ0) is 15.3. The van der Waals surface area contributed by atoms with E-state index in [1.165, 1.54) is 23.9 Å². The Bertz CT molecular complexity index is 587. The van der Waals surface area contributed by atoms with Crippen molar-refractivity contribution in [2.45, 2.75) is 50.6 Å². The first-order valence-corrected chi connectivity index (χ1v) is 8.09. The zero-order valence-corrected chi connectivity index (χ0v) is 12.5. The van der Waals surface area contributed by atoms with E-state index >= 15 is 0 Å². The van der Waals surface area contributed by atoms with Crippen molar-refractivity contribution in [3.8, 4) is 0 Å². The van der Waals surface area contributed by atoms with E-state index in [1.807, 2.05) is 0 Å². The Morgan fingerprint density at radius 2 is 1.82 bits per heavy atom. The number of carboxylic acids is 1. The van der Waals surface area contributed by atoms with E-state index < -0.39 is 5.97 Å². The lowest BCUT2D eigenvalue weighted by atomic mass is 9.53. The van der Waals surface area contributed by atoms with Crippen LogP contribution in [0, 0.1) is 17.8 Å². The van der Waals surface area contributed by atoms with E-state index in [0.717, 1.165) is 37.0 Å². The Balaban J connectivity index is 1.47.